The fraction of sp³-hybridized carbons (Fsp3) is 0.600. The minimum absolute atomic E-state index is 0.00370. The van der Waals surface area contributed by atoms with Crippen LogP contribution >= 0.6 is 0 Å². The van der Waals surface area contributed by atoms with Crippen molar-refractivity contribution in [3.8, 4) is 0 Å². The molecule has 1 saturated carbocycles. The predicted molar refractivity (Wildman–Crippen MR) is 78.9 cm³/mol. The summed E-state index contributed by atoms with van der Waals surface area (Å²) >= 11 is 0. The van der Waals surface area contributed by atoms with E-state index in [9.17, 15) is 14.0 Å². The van der Waals surface area contributed by atoms with E-state index in [0.717, 1.165) is 0 Å². The molecule has 120 valence electrons. The van der Waals surface area contributed by atoms with Gasteiger partial charge in [-0.3, -0.25) is 14.6 Å². The highest BCUT2D eigenvalue weighted by molar-refractivity contribution is 5.92. The number of aromatic nitrogens is 2. The summed E-state index contributed by atoms with van der Waals surface area (Å²) in [5.41, 5.74) is -1.93. The van der Waals surface area contributed by atoms with Crippen molar-refractivity contribution in [2.75, 3.05) is 0 Å². The van der Waals surface area contributed by atoms with Crippen LogP contribution in [0.3, 0.4) is 0 Å². The Labute approximate surface area is 128 Å². The topological polar surface area (TPSA) is 84.0 Å². The van der Waals surface area contributed by atoms with Gasteiger partial charge in [-0.25, -0.2) is 9.37 Å². The molecular weight excluding hydrogens is 287 g/mol. The van der Waals surface area contributed by atoms with Crippen molar-refractivity contribution in [2.45, 2.75) is 57.8 Å². The Morgan fingerprint density at radius 2 is 1.91 bits per heavy atom. The molecule has 1 aliphatic carbocycles. The smallest absolute Gasteiger partial charge is 0.271 e. The molecule has 0 spiro atoms. The minimum Gasteiger partial charge on any atom is -0.348 e. The summed E-state index contributed by atoms with van der Waals surface area (Å²) in [5.74, 6) is -0.933. The van der Waals surface area contributed by atoms with Crippen molar-refractivity contribution >= 4 is 11.8 Å². The maximum atomic E-state index is 13.7. The number of amides is 2. The number of carbonyl (C=O) groups excluding carboxylic acids is 2. The molecule has 2 rings (SSSR count). The van der Waals surface area contributed by atoms with Gasteiger partial charge in [0.05, 0.1) is 23.6 Å². The lowest BCUT2D eigenvalue weighted by molar-refractivity contribution is -0.129. The van der Waals surface area contributed by atoms with Crippen LogP contribution in [0.4, 0.5) is 4.39 Å². The van der Waals surface area contributed by atoms with E-state index in [4.69, 9.17) is 0 Å². The molecule has 2 amide bonds. The lowest BCUT2D eigenvalue weighted by Crippen LogP contribution is -2.46. The second-order valence-corrected chi connectivity index (χ2v) is 6.46. The van der Waals surface area contributed by atoms with E-state index < -0.39 is 17.1 Å². The first-order chi connectivity index (χ1) is 10.1. The van der Waals surface area contributed by atoms with Gasteiger partial charge >= 0.3 is 0 Å². The second kappa shape index (κ2) is 5.62. The van der Waals surface area contributed by atoms with E-state index in [1.54, 1.807) is 13.8 Å². The number of hydrogen-bond donors (Lipinski definition) is 2. The summed E-state index contributed by atoms with van der Waals surface area (Å²) in [5, 5.41) is 5.36. The van der Waals surface area contributed by atoms with Crippen LogP contribution in [0, 0.1) is 0 Å². The fourth-order valence-corrected chi connectivity index (χ4v) is 1.90. The highest BCUT2D eigenvalue weighted by atomic mass is 19.1. The number of nitrogens with one attached hydrogen (secondary N) is 2. The maximum Gasteiger partial charge on any atom is 0.271 e. The van der Waals surface area contributed by atoms with Crippen molar-refractivity contribution in [1.82, 2.24) is 20.6 Å². The predicted octanol–water partition coefficient (Wildman–Crippen LogP) is 1.47. The second-order valence-electron chi connectivity index (χ2n) is 6.46. The van der Waals surface area contributed by atoms with Crippen LogP contribution < -0.4 is 10.6 Å². The van der Waals surface area contributed by atoms with E-state index in [-0.39, 0.29) is 30.5 Å². The van der Waals surface area contributed by atoms with Crippen LogP contribution in [0.15, 0.2) is 12.4 Å². The van der Waals surface area contributed by atoms with Crippen LogP contribution in [-0.2, 0) is 10.3 Å². The first kappa shape index (κ1) is 16.3. The molecule has 1 aliphatic rings. The summed E-state index contributed by atoms with van der Waals surface area (Å²) in [6.45, 7) is 7.13. The van der Waals surface area contributed by atoms with Gasteiger partial charge in [0.15, 0.2) is 5.67 Å². The molecule has 1 fully saturated rings. The quantitative estimate of drug-likeness (QED) is 0.862. The molecule has 6 nitrogen and oxygen atoms in total. The van der Waals surface area contributed by atoms with E-state index in [1.165, 1.54) is 12.4 Å². The minimum atomic E-state index is -1.73. The molecule has 7 heteroatoms. The highest BCUT2D eigenvalue weighted by Crippen LogP contribution is 2.40. The lowest BCUT2D eigenvalue weighted by atomic mass is 10.0. The summed E-state index contributed by atoms with van der Waals surface area (Å²) in [6.07, 6.45) is 3.29. The van der Waals surface area contributed by atoms with Gasteiger partial charge < -0.3 is 10.6 Å². The molecule has 0 radical (unpaired) electrons. The first-order valence-corrected chi connectivity index (χ1v) is 7.29. The maximum absolute atomic E-state index is 13.7. The third-order valence-electron chi connectivity index (χ3n) is 3.47. The Balaban J connectivity index is 2.08. The molecule has 22 heavy (non-hydrogen) atoms. The van der Waals surface area contributed by atoms with Crippen LogP contribution in [-0.4, -0.2) is 33.5 Å². The number of rotatable bonds is 5. The number of halogens is 1. The zero-order valence-corrected chi connectivity index (χ0v) is 13.2. The molecule has 0 aromatic carbocycles. The van der Waals surface area contributed by atoms with E-state index >= 15 is 0 Å². The van der Waals surface area contributed by atoms with Crippen molar-refractivity contribution in [3.05, 3.63) is 23.8 Å². The molecule has 1 aromatic heterocycles. The Morgan fingerprint density at radius 1 is 1.27 bits per heavy atom. The molecule has 0 saturated heterocycles. The van der Waals surface area contributed by atoms with Gasteiger partial charge in [0.25, 0.3) is 11.8 Å². The van der Waals surface area contributed by atoms with Gasteiger partial charge in [-0.15, -0.1) is 0 Å². The van der Waals surface area contributed by atoms with Crippen LogP contribution in [0.2, 0.25) is 0 Å². The number of alkyl halides is 1. The van der Waals surface area contributed by atoms with Crippen LogP contribution in [0.1, 0.15) is 56.7 Å². The third-order valence-corrected chi connectivity index (χ3v) is 3.47. The SMILES string of the molecule is CC(C)NC(=O)c1cnc(C(C)(C)NC(=O)C2(F)CC2)cn1. The average Bonchev–Trinajstić information content (AvgIpc) is 3.17. The molecule has 1 heterocycles. The Hall–Kier alpha value is -2.05. The van der Waals surface area contributed by atoms with Crippen molar-refractivity contribution in [1.29, 1.82) is 0 Å². The van der Waals surface area contributed by atoms with E-state index in [1.807, 2.05) is 13.8 Å². The first-order valence-electron chi connectivity index (χ1n) is 7.29. The number of nitrogens with zero attached hydrogens (tertiary/aromatic N) is 2. The van der Waals surface area contributed by atoms with E-state index in [2.05, 4.69) is 20.6 Å². The van der Waals surface area contributed by atoms with Crippen molar-refractivity contribution in [3.63, 3.8) is 0 Å². The summed E-state index contributed by atoms with van der Waals surface area (Å²) in [4.78, 5) is 31.9. The summed E-state index contributed by atoms with van der Waals surface area (Å²) in [7, 11) is 0. The van der Waals surface area contributed by atoms with Gasteiger partial charge in [-0.05, 0) is 40.5 Å². The number of hydrogen-bond acceptors (Lipinski definition) is 4. The zero-order valence-electron chi connectivity index (χ0n) is 13.2. The Morgan fingerprint density at radius 3 is 2.36 bits per heavy atom. The van der Waals surface area contributed by atoms with Gasteiger partial charge in [-0.2, -0.15) is 0 Å². The molecule has 2 N–H and O–H groups in total. The van der Waals surface area contributed by atoms with Crippen molar-refractivity contribution in [2.24, 2.45) is 0 Å². The van der Waals surface area contributed by atoms with E-state index in [0.29, 0.717) is 5.69 Å². The molecule has 0 bridgehead atoms. The van der Waals surface area contributed by atoms with Gasteiger partial charge in [0.1, 0.15) is 5.69 Å². The standard InChI is InChI=1S/C15H21FN4O2/c1-9(2)19-12(21)10-7-18-11(8-17-10)14(3,4)20-13(22)15(16)5-6-15/h7-9H,5-6H2,1-4H3,(H,19,21)(H,20,22). The zero-order chi connectivity index (χ0) is 16.5. The third kappa shape index (κ3) is 3.58. The molecule has 1 aromatic rings. The molecular formula is C15H21FN4O2. The van der Waals surface area contributed by atoms with Gasteiger partial charge in [-0.1, -0.05) is 0 Å². The Kier molecular flexibility index (Phi) is 4.17. The Bertz CT molecular complexity index is 580. The van der Waals surface area contributed by atoms with Crippen molar-refractivity contribution < 1.29 is 14.0 Å². The average molecular weight is 308 g/mol. The normalized spacial score (nSPS) is 16.3. The van der Waals surface area contributed by atoms with Crippen LogP contribution in [0.5, 0.6) is 0 Å². The van der Waals surface area contributed by atoms with Gasteiger partial charge in [0, 0.05) is 6.04 Å². The lowest BCUT2D eigenvalue weighted by Gasteiger charge is -2.26. The largest absolute Gasteiger partial charge is 0.348 e. The molecule has 0 atom stereocenters. The number of carbonyl (C=O) groups is 2. The summed E-state index contributed by atoms with van der Waals surface area (Å²) < 4.78 is 13.7. The fourth-order valence-electron chi connectivity index (χ4n) is 1.90. The van der Waals surface area contributed by atoms with Gasteiger partial charge in [0.2, 0.25) is 0 Å². The molecule has 0 unspecified atom stereocenters. The highest BCUT2D eigenvalue weighted by Gasteiger charge is 2.52. The summed E-state index contributed by atoms with van der Waals surface area (Å²) in [6, 6.07) is 0.00370. The monoisotopic (exact) mass is 308 g/mol. The van der Waals surface area contributed by atoms with Crippen LogP contribution in [0.25, 0.3) is 0 Å². The molecule has 0 aliphatic heterocycles.